The molecule has 2 unspecified atom stereocenters. The van der Waals surface area contributed by atoms with Gasteiger partial charge in [-0.25, -0.2) is 9.48 Å². The number of nitrogens with zero attached hydrogens (tertiary/aromatic N) is 5. The topological polar surface area (TPSA) is 208 Å². The first-order valence-corrected chi connectivity index (χ1v) is 19.3. The molecule has 2 aromatic heterocycles. The molecule has 0 bridgehead atoms. The number of carbonyl (C=O) groups excluding carboxylic acids is 4. The van der Waals surface area contributed by atoms with Crippen molar-refractivity contribution in [1.82, 2.24) is 24.9 Å². The number of hydrogen-bond donors (Lipinski definition) is 2. The molecule has 306 valence electrons. The van der Waals surface area contributed by atoms with Gasteiger partial charge in [0, 0.05) is 37.1 Å². The number of ether oxygens (including phenoxy) is 5. The van der Waals surface area contributed by atoms with E-state index in [2.05, 4.69) is 27.1 Å². The molecule has 3 fully saturated rings. The van der Waals surface area contributed by atoms with Crippen molar-refractivity contribution in [2.45, 2.75) is 135 Å². The van der Waals surface area contributed by atoms with Crippen molar-refractivity contribution in [2.24, 2.45) is 29.4 Å². The lowest BCUT2D eigenvalue weighted by Crippen LogP contribution is -2.60. The van der Waals surface area contributed by atoms with E-state index in [-0.39, 0.29) is 37.8 Å². The summed E-state index contributed by atoms with van der Waals surface area (Å²) in [7, 11) is 1.45. The van der Waals surface area contributed by atoms with E-state index in [9.17, 15) is 24.3 Å². The van der Waals surface area contributed by atoms with Crippen LogP contribution < -0.4 is 5.73 Å². The predicted molar refractivity (Wildman–Crippen MR) is 201 cm³/mol. The number of ketones is 2. The molecular formula is C40H56N6O10. The average molecular weight is 781 g/mol. The SMILES string of the molecule is CC[C@H]1OC(=O)[C@H](C)C(=O)[C@H](C)[C@@H](O[C@@H]2O[C@H](C)CC(N)C2O)[C@](C)(OC)C[C@@H](C)C(=O)[C@H](C)[C@H]2N(CC#CCn3cc(-c4ccccn4)nn3)C(=O)O[C@]12C. The van der Waals surface area contributed by atoms with Crippen LogP contribution in [-0.4, -0.2) is 121 Å². The number of fused-ring (bicyclic) bond motifs is 1. The lowest BCUT2D eigenvalue weighted by molar-refractivity contribution is -0.288. The number of methoxy groups -OCH3 is 1. The molecule has 0 aromatic carbocycles. The third-order valence-electron chi connectivity index (χ3n) is 11.7. The number of cyclic esters (lactones) is 1. The third kappa shape index (κ3) is 8.67. The molecule has 5 heterocycles. The number of hydrogen-bond acceptors (Lipinski definition) is 14. The summed E-state index contributed by atoms with van der Waals surface area (Å²) in [5, 5.41) is 19.3. The van der Waals surface area contributed by atoms with Crippen LogP contribution in [0.2, 0.25) is 0 Å². The normalized spacial score (nSPS) is 37.2. The second kappa shape index (κ2) is 17.5. The Balaban J connectivity index is 1.47. The zero-order chi connectivity index (χ0) is 41.1. The molecule has 1 amide bonds. The molecule has 3 aliphatic heterocycles. The van der Waals surface area contributed by atoms with Crippen LogP contribution in [0, 0.1) is 35.5 Å². The maximum Gasteiger partial charge on any atom is 0.411 e. The monoisotopic (exact) mass is 780 g/mol. The van der Waals surface area contributed by atoms with Crippen molar-refractivity contribution in [1.29, 1.82) is 0 Å². The molecule has 5 rings (SSSR count). The number of carbonyl (C=O) groups is 4. The average Bonchev–Trinajstić information content (AvgIpc) is 3.75. The number of pyridine rings is 1. The molecular weight excluding hydrogens is 724 g/mol. The van der Waals surface area contributed by atoms with Crippen molar-refractivity contribution < 1.29 is 48.0 Å². The Bertz CT molecular complexity index is 1800. The Hall–Kier alpha value is -4.27. The van der Waals surface area contributed by atoms with E-state index >= 15 is 0 Å². The maximum atomic E-state index is 14.6. The van der Waals surface area contributed by atoms with E-state index in [1.807, 2.05) is 18.2 Å². The zero-order valence-electron chi connectivity index (χ0n) is 33.7. The van der Waals surface area contributed by atoms with E-state index in [0.29, 0.717) is 17.8 Å². The van der Waals surface area contributed by atoms with E-state index in [0.717, 1.165) is 0 Å². The van der Waals surface area contributed by atoms with Crippen LogP contribution in [0.5, 0.6) is 0 Å². The first kappa shape index (κ1) is 42.9. The van der Waals surface area contributed by atoms with Gasteiger partial charge < -0.3 is 34.5 Å². The fourth-order valence-electron chi connectivity index (χ4n) is 8.47. The Morgan fingerprint density at radius 3 is 2.39 bits per heavy atom. The Morgan fingerprint density at radius 1 is 1.02 bits per heavy atom. The van der Waals surface area contributed by atoms with Crippen LogP contribution in [0.4, 0.5) is 4.79 Å². The number of rotatable bonds is 7. The van der Waals surface area contributed by atoms with Gasteiger partial charge in [0.2, 0.25) is 0 Å². The lowest BCUT2D eigenvalue weighted by atomic mass is 9.73. The maximum absolute atomic E-state index is 14.6. The van der Waals surface area contributed by atoms with Gasteiger partial charge in [-0.2, -0.15) is 0 Å². The number of esters is 1. The van der Waals surface area contributed by atoms with Gasteiger partial charge in [-0.3, -0.25) is 24.3 Å². The van der Waals surface area contributed by atoms with Crippen LogP contribution >= 0.6 is 0 Å². The quantitative estimate of drug-likeness (QED) is 0.236. The molecule has 56 heavy (non-hydrogen) atoms. The highest BCUT2D eigenvalue weighted by Crippen LogP contribution is 2.42. The second-order valence-corrected chi connectivity index (χ2v) is 15.8. The van der Waals surface area contributed by atoms with Gasteiger partial charge in [-0.1, -0.05) is 50.8 Å². The van der Waals surface area contributed by atoms with E-state index < -0.39 is 89.4 Å². The number of Topliss-reactive ketones (excluding diaryl/α,β-unsaturated/α-hetero) is 2. The molecule has 2 aromatic rings. The minimum Gasteiger partial charge on any atom is -0.458 e. The first-order valence-electron chi connectivity index (χ1n) is 19.3. The van der Waals surface area contributed by atoms with Gasteiger partial charge >= 0.3 is 12.1 Å². The molecule has 13 atom stereocenters. The molecule has 0 spiro atoms. The predicted octanol–water partition coefficient (Wildman–Crippen LogP) is 2.94. The minimum atomic E-state index is -1.49. The third-order valence-corrected chi connectivity index (χ3v) is 11.7. The first-order chi connectivity index (χ1) is 26.4. The molecule has 0 radical (unpaired) electrons. The molecule has 3 saturated heterocycles. The summed E-state index contributed by atoms with van der Waals surface area (Å²) in [5.41, 5.74) is 4.66. The zero-order valence-corrected chi connectivity index (χ0v) is 33.7. The van der Waals surface area contributed by atoms with Crippen molar-refractivity contribution in [3.63, 3.8) is 0 Å². The van der Waals surface area contributed by atoms with Gasteiger partial charge in [-0.15, -0.1) is 5.10 Å². The summed E-state index contributed by atoms with van der Waals surface area (Å²) < 4.78 is 32.1. The highest BCUT2D eigenvalue weighted by atomic mass is 16.7. The standard InChI is InChI=1S/C40H56N6O10/c1-10-30-40(8)34(46(38(51)56-40)18-14-13-17-45-21-29(43-44-45)28-15-11-12-16-42-28)24(4)31(47)22(2)20-39(7,52-9)35(25(5)32(48)26(6)36(50)54-30)55-37-33(49)27(41)19-23(3)53-37/h11-12,15-16,21-27,30,33-35,37,49H,10,17-20,41H2,1-9H3/t22-,23-,24+,25+,26-,27?,30-,33?,34-,35-,37+,39-,40-/m1/s1. The second-order valence-electron chi connectivity index (χ2n) is 15.8. The molecule has 3 N–H and O–H groups in total. The van der Waals surface area contributed by atoms with Gasteiger partial charge in [0.05, 0.1) is 42.3 Å². The Morgan fingerprint density at radius 2 is 1.73 bits per heavy atom. The molecule has 0 aliphatic carbocycles. The number of aliphatic hydroxyl groups excluding tert-OH is 1. The number of nitrogens with two attached hydrogens (primary N) is 1. The highest BCUT2D eigenvalue weighted by Gasteiger charge is 2.60. The smallest absolute Gasteiger partial charge is 0.411 e. The van der Waals surface area contributed by atoms with E-state index in [1.165, 1.54) is 18.9 Å². The summed E-state index contributed by atoms with van der Waals surface area (Å²) in [6.45, 7) is 13.6. The van der Waals surface area contributed by atoms with Crippen molar-refractivity contribution in [2.75, 3.05) is 13.7 Å². The van der Waals surface area contributed by atoms with Gasteiger partial charge in [0.1, 0.15) is 36.1 Å². The largest absolute Gasteiger partial charge is 0.458 e. The summed E-state index contributed by atoms with van der Waals surface area (Å²) in [6, 6.07) is 3.92. The number of aromatic nitrogens is 4. The Kier molecular flexibility index (Phi) is 13.4. The fourth-order valence-corrected chi connectivity index (χ4v) is 8.47. The van der Waals surface area contributed by atoms with Crippen LogP contribution in [-0.2, 0) is 44.6 Å². The summed E-state index contributed by atoms with van der Waals surface area (Å²) in [4.78, 5) is 62.0. The fraction of sp³-hybridized carbons (Fsp3) is 0.675. The molecule has 0 saturated carbocycles. The number of amides is 1. The van der Waals surface area contributed by atoms with Crippen molar-refractivity contribution >= 4 is 23.6 Å². The van der Waals surface area contributed by atoms with Crippen molar-refractivity contribution in [3.05, 3.63) is 30.6 Å². The Labute approximate surface area is 328 Å². The van der Waals surface area contributed by atoms with Crippen LogP contribution in [0.15, 0.2) is 30.6 Å². The van der Waals surface area contributed by atoms with Gasteiger partial charge in [0.25, 0.3) is 0 Å². The summed E-state index contributed by atoms with van der Waals surface area (Å²) in [5.74, 6) is 0.696. The molecule has 3 aliphatic rings. The summed E-state index contributed by atoms with van der Waals surface area (Å²) >= 11 is 0. The van der Waals surface area contributed by atoms with Crippen LogP contribution in [0.1, 0.15) is 74.7 Å². The van der Waals surface area contributed by atoms with E-state index in [4.69, 9.17) is 29.4 Å². The van der Waals surface area contributed by atoms with E-state index in [1.54, 1.807) is 65.5 Å². The molecule has 16 heteroatoms. The molecule has 16 nitrogen and oxygen atoms in total. The van der Waals surface area contributed by atoms with Gasteiger partial charge in [0.15, 0.2) is 17.7 Å². The van der Waals surface area contributed by atoms with Gasteiger partial charge in [-0.05, 0) is 59.1 Å². The van der Waals surface area contributed by atoms with Crippen molar-refractivity contribution in [3.8, 4) is 23.2 Å². The minimum absolute atomic E-state index is 0.0753. The summed E-state index contributed by atoms with van der Waals surface area (Å²) in [6.07, 6.45) is -1.52. The van der Waals surface area contributed by atoms with Crippen LogP contribution in [0.3, 0.4) is 0 Å². The highest BCUT2D eigenvalue weighted by molar-refractivity contribution is 6.00. The number of aliphatic hydroxyl groups is 1. The lowest BCUT2D eigenvalue weighted by Gasteiger charge is -2.46. The van der Waals surface area contributed by atoms with Crippen LogP contribution in [0.25, 0.3) is 11.4 Å².